The van der Waals surface area contributed by atoms with Crippen molar-refractivity contribution in [1.82, 2.24) is 35.2 Å². The summed E-state index contributed by atoms with van der Waals surface area (Å²) in [6.45, 7) is 4.33. The Kier molecular flexibility index (Phi) is 8.56. The average Bonchev–Trinajstić information content (AvgIpc) is 3.85. The molecule has 4 aromatic rings. The number of benzene rings is 1. The highest BCUT2D eigenvalue weighted by atomic mass is 16.5. The van der Waals surface area contributed by atoms with Crippen LogP contribution in [0.4, 0.5) is 17.2 Å². The largest absolute Gasteiger partial charge is 0.494 e. The Balaban J connectivity index is 1.39. The molecule has 0 atom stereocenters. The van der Waals surface area contributed by atoms with Crippen LogP contribution in [0, 0.1) is 19.8 Å². The van der Waals surface area contributed by atoms with Crippen molar-refractivity contribution in [2.24, 2.45) is 13.0 Å². The van der Waals surface area contributed by atoms with E-state index in [1.54, 1.807) is 43.5 Å². The number of para-hydroxylation sites is 1. The molecule has 1 saturated carbocycles. The van der Waals surface area contributed by atoms with Gasteiger partial charge in [0.15, 0.2) is 11.5 Å². The second-order valence-corrected chi connectivity index (χ2v) is 10.7. The van der Waals surface area contributed by atoms with Crippen molar-refractivity contribution >= 4 is 34.9 Å². The lowest BCUT2D eigenvalue weighted by molar-refractivity contribution is -0.117. The molecule has 13 heteroatoms. The molecule has 0 radical (unpaired) electrons. The van der Waals surface area contributed by atoms with Crippen LogP contribution in [0.5, 0.6) is 5.75 Å². The fourth-order valence-corrected chi connectivity index (χ4v) is 4.87. The first-order valence-corrected chi connectivity index (χ1v) is 14.2. The van der Waals surface area contributed by atoms with Crippen molar-refractivity contribution in [3.63, 3.8) is 0 Å². The molecule has 0 saturated heterocycles. The highest BCUT2D eigenvalue weighted by Gasteiger charge is 2.30. The summed E-state index contributed by atoms with van der Waals surface area (Å²) in [6.07, 6.45) is 3.31. The zero-order chi connectivity index (χ0) is 31.5. The van der Waals surface area contributed by atoms with Crippen LogP contribution < -0.4 is 20.7 Å². The molecule has 3 N–H and O–H groups in total. The minimum atomic E-state index is -0.446. The monoisotopic (exact) mass is 597 g/mol. The number of pyridine rings is 1. The summed E-state index contributed by atoms with van der Waals surface area (Å²) in [5.41, 5.74) is 5.58. The standard InChI is InChI=1S/C31H35N9O4/c1-17-22(18(2)40(5)38-17)16-39(4)31(43)24-13-12-20(15-33-24)21-8-7-9-23(28(21)44-6)34-25-14-26(35-29(41)19-10-11-19)36-37-27(25)30(42)32-3/h7-9,12-15,19H,10-11,16H2,1-6H3,(H,32,42)(H2,34,35,36,41). The zero-order valence-electron chi connectivity index (χ0n) is 25.6. The number of carbonyl (C=O) groups excluding carboxylic acids is 3. The summed E-state index contributed by atoms with van der Waals surface area (Å²) in [6, 6.07) is 10.6. The highest BCUT2D eigenvalue weighted by molar-refractivity contribution is 6.00. The maximum Gasteiger partial charge on any atom is 0.273 e. The number of carbonyl (C=O) groups is 3. The lowest BCUT2D eigenvalue weighted by Crippen LogP contribution is -2.27. The third-order valence-corrected chi connectivity index (χ3v) is 7.62. The number of hydrogen-bond donors (Lipinski definition) is 3. The summed E-state index contributed by atoms with van der Waals surface area (Å²) in [4.78, 5) is 44.2. The normalized spacial score (nSPS) is 12.4. The number of methoxy groups -OCH3 is 1. The van der Waals surface area contributed by atoms with Gasteiger partial charge in [-0.3, -0.25) is 24.0 Å². The number of ether oxygens (including phenoxy) is 1. The Morgan fingerprint density at radius 2 is 1.86 bits per heavy atom. The molecule has 228 valence electrons. The van der Waals surface area contributed by atoms with Gasteiger partial charge in [0.05, 0.1) is 24.2 Å². The lowest BCUT2D eigenvalue weighted by Gasteiger charge is -2.18. The van der Waals surface area contributed by atoms with Gasteiger partial charge in [0, 0.05) is 68.3 Å². The van der Waals surface area contributed by atoms with E-state index in [2.05, 4.69) is 36.2 Å². The number of hydrogen-bond acceptors (Lipinski definition) is 9. The number of nitrogens with one attached hydrogen (secondary N) is 3. The fraction of sp³-hybridized carbons (Fsp3) is 0.323. The van der Waals surface area contributed by atoms with E-state index in [-0.39, 0.29) is 29.2 Å². The number of anilines is 3. The second kappa shape index (κ2) is 12.5. The molecule has 3 heterocycles. The van der Waals surface area contributed by atoms with Crippen molar-refractivity contribution in [3.8, 4) is 16.9 Å². The predicted molar refractivity (Wildman–Crippen MR) is 165 cm³/mol. The number of nitrogens with zero attached hydrogens (tertiary/aromatic N) is 6. The Labute approximate surface area is 255 Å². The zero-order valence-corrected chi connectivity index (χ0v) is 25.6. The lowest BCUT2D eigenvalue weighted by atomic mass is 10.0. The first kappa shape index (κ1) is 30.1. The molecule has 5 rings (SSSR count). The summed E-state index contributed by atoms with van der Waals surface area (Å²) in [7, 11) is 6.66. The van der Waals surface area contributed by atoms with Gasteiger partial charge in [-0.15, -0.1) is 10.2 Å². The van der Waals surface area contributed by atoms with E-state index in [1.807, 2.05) is 43.8 Å². The van der Waals surface area contributed by atoms with Crippen LogP contribution >= 0.6 is 0 Å². The van der Waals surface area contributed by atoms with Gasteiger partial charge < -0.3 is 25.6 Å². The molecule has 0 aliphatic heterocycles. The maximum absolute atomic E-state index is 13.2. The van der Waals surface area contributed by atoms with Gasteiger partial charge in [0.2, 0.25) is 5.91 Å². The molecule has 0 bridgehead atoms. The third kappa shape index (κ3) is 6.21. The molecule has 44 heavy (non-hydrogen) atoms. The molecule has 0 spiro atoms. The summed E-state index contributed by atoms with van der Waals surface area (Å²) in [5.74, 6) is -0.0856. The minimum absolute atomic E-state index is 0.0196. The van der Waals surface area contributed by atoms with E-state index in [0.29, 0.717) is 34.9 Å². The summed E-state index contributed by atoms with van der Waals surface area (Å²) < 4.78 is 7.60. The van der Waals surface area contributed by atoms with Crippen molar-refractivity contribution in [2.75, 3.05) is 31.8 Å². The average molecular weight is 598 g/mol. The van der Waals surface area contributed by atoms with Crippen molar-refractivity contribution in [1.29, 1.82) is 0 Å². The number of aromatic nitrogens is 5. The Hall–Kier alpha value is -5.33. The smallest absolute Gasteiger partial charge is 0.273 e. The number of rotatable bonds is 10. The van der Waals surface area contributed by atoms with Crippen LogP contribution in [0.25, 0.3) is 11.1 Å². The molecule has 13 nitrogen and oxygen atoms in total. The maximum atomic E-state index is 13.2. The molecule has 3 amide bonds. The third-order valence-electron chi connectivity index (χ3n) is 7.62. The molecule has 1 aromatic carbocycles. The molecule has 0 unspecified atom stereocenters. The van der Waals surface area contributed by atoms with Gasteiger partial charge in [-0.2, -0.15) is 5.10 Å². The van der Waals surface area contributed by atoms with Gasteiger partial charge in [0.25, 0.3) is 11.8 Å². The van der Waals surface area contributed by atoms with E-state index >= 15 is 0 Å². The first-order chi connectivity index (χ1) is 21.1. The van der Waals surface area contributed by atoms with Crippen LogP contribution in [-0.4, -0.2) is 68.8 Å². The molecule has 1 fully saturated rings. The predicted octanol–water partition coefficient (Wildman–Crippen LogP) is 3.62. The van der Waals surface area contributed by atoms with Gasteiger partial charge in [-0.25, -0.2) is 0 Å². The molecule has 3 aromatic heterocycles. The first-order valence-electron chi connectivity index (χ1n) is 14.2. The summed E-state index contributed by atoms with van der Waals surface area (Å²) >= 11 is 0. The van der Waals surface area contributed by atoms with E-state index < -0.39 is 5.91 Å². The van der Waals surface area contributed by atoms with Crippen molar-refractivity contribution < 1.29 is 19.1 Å². The fourth-order valence-electron chi connectivity index (χ4n) is 4.87. The van der Waals surface area contributed by atoms with E-state index in [1.165, 1.54) is 7.05 Å². The van der Waals surface area contributed by atoms with Gasteiger partial charge in [0.1, 0.15) is 11.4 Å². The second-order valence-electron chi connectivity index (χ2n) is 10.7. The minimum Gasteiger partial charge on any atom is -0.494 e. The molecule has 1 aliphatic carbocycles. The molecule has 1 aliphatic rings. The van der Waals surface area contributed by atoms with Gasteiger partial charge in [-0.1, -0.05) is 18.2 Å². The van der Waals surface area contributed by atoms with Gasteiger partial charge >= 0.3 is 0 Å². The number of aryl methyl sites for hydroxylation is 2. The molecular weight excluding hydrogens is 562 g/mol. The topological polar surface area (TPSA) is 156 Å². The Morgan fingerprint density at radius 1 is 1.09 bits per heavy atom. The Bertz CT molecular complexity index is 1730. The quantitative estimate of drug-likeness (QED) is 0.248. The number of amides is 3. The van der Waals surface area contributed by atoms with Crippen LogP contribution in [-0.2, 0) is 18.4 Å². The van der Waals surface area contributed by atoms with Crippen LogP contribution in [0.3, 0.4) is 0 Å². The molecular formula is C31H35N9O4. The van der Waals surface area contributed by atoms with Crippen LogP contribution in [0.2, 0.25) is 0 Å². The van der Waals surface area contributed by atoms with Gasteiger partial charge in [-0.05, 0) is 38.8 Å². The van der Waals surface area contributed by atoms with E-state index in [0.717, 1.165) is 35.4 Å². The summed E-state index contributed by atoms with van der Waals surface area (Å²) in [5, 5.41) is 21.1. The highest BCUT2D eigenvalue weighted by Crippen LogP contribution is 2.38. The van der Waals surface area contributed by atoms with Crippen molar-refractivity contribution in [2.45, 2.75) is 33.2 Å². The van der Waals surface area contributed by atoms with Crippen molar-refractivity contribution in [3.05, 3.63) is 70.9 Å². The van der Waals surface area contributed by atoms with Crippen LogP contribution in [0.1, 0.15) is 50.8 Å². The van der Waals surface area contributed by atoms with Crippen LogP contribution in [0.15, 0.2) is 42.6 Å². The van der Waals surface area contributed by atoms with E-state index in [9.17, 15) is 14.4 Å². The Morgan fingerprint density at radius 3 is 2.48 bits per heavy atom. The van der Waals surface area contributed by atoms with E-state index in [4.69, 9.17) is 4.74 Å². The SMILES string of the molecule is CNC(=O)c1nnc(NC(=O)C2CC2)cc1Nc1cccc(-c2ccc(C(=O)N(C)Cc3c(C)nn(C)c3C)nc2)c1OC.